The lowest BCUT2D eigenvalue weighted by atomic mass is 10.2. The van der Waals surface area contributed by atoms with Gasteiger partial charge in [0.15, 0.2) is 0 Å². The van der Waals surface area contributed by atoms with Gasteiger partial charge in [-0.15, -0.1) is 0 Å². The summed E-state index contributed by atoms with van der Waals surface area (Å²) in [6.45, 7) is 7.58. The lowest BCUT2D eigenvalue weighted by Gasteiger charge is -2.22. The first-order valence-corrected chi connectivity index (χ1v) is 8.11. The number of methoxy groups -OCH3 is 1. The first-order valence-electron chi connectivity index (χ1n) is 8.11. The maximum atomic E-state index is 12.6. The molecule has 1 aromatic heterocycles. The molecule has 1 rings (SSSR count). The summed E-state index contributed by atoms with van der Waals surface area (Å²) in [6.07, 6.45) is 2.29. The number of amides is 2. The van der Waals surface area contributed by atoms with Gasteiger partial charge in [-0.1, -0.05) is 13.3 Å². The Hall–Kier alpha value is -1.82. The smallest absolute Gasteiger partial charge is 0.257 e. The van der Waals surface area contributed by atoms with Crippen LogP contribution in [0.1, 0.15) is 48.1 Å². The van der Waals surface area contributed by atoms with Crippen molar-refractivity contribution in [3.63, 3.8) is 0 Å². The highest BCUT2D eigenvalue weighted by Crippen LogP contribution is 2.16. The summed E-state index contributed by atoms with van der Waals surface area (Å²) in [4.78, 5) is 26.1. The van der Waals surface area contributed by atoms with E-state index in [0.29, 0.717) is 43.3 Å². The summed E-state index contributed by atoms with van der Waals surface area (Å²) in [7, 11) is 1.59. The molecule has 23 heavy (non-hydrogen) atoms. The molecule has 2 amide bonds. The van der Waals surface area contributed by atoms with Crippen molar-refractivity contribution in [3.8, 4) is 0 Å². The number of carbonyl (C=O) groups excluding carboxylic acids is 2. The largest absolute Gasteiger partial charge is 0.466 e. The zero-order valence-electron chi connectivity index (χ0n) is 14.6. The Morgan fingerprint density at radius 3 is 2.61 bits per heavy atom. The summed E-state index contributed by atoms with van der Waals surface area (Å²) < 4.78 is 10.5. The van der Waals surface area contributed by atoms with Gasteiger partial charge < -0.3 is 19.4 Å². The fourth-order valence-corrected chi connectivity index (χ4v) is 2.26. The second kappa shape index (κ2) is 10.0. The third-order valence-corrected chi connectivity index (χ3v) is 3.59. The Morgan fingerprint density at radius 2 is 2.04 bits per heavy atom. The predicted molar refractivity (Wildman–Crippen MR) is 88.5 cm³/mol. The molecular formula is C17H28N2O4. The quantitative estimate of drug-likeness (QED) is 0.670. The van der Waals surface area contributed by atoms with E-state index in [1.165, 1.54) is 0 Å². The van der Waals surface area contributed by atoms with Crippen LogP contribution in [0.15, 0.2) is 10.5 Å². The Labute approximate surface area is 138 Å². The second-order valence-electron chi connectivity index (χ2n) is 5.57. The van der Waals surface area contributed by atoms with E-state index in [-0.39, 0.29) is 18.2 Å². The van der Waals surface area contributed by atoms with Gasteiger partial charge >= 0.3 is 0 Å². The van der Waals surface area contributed by atoms with E-state index in [1.54, 1.807) is 25.0 Å². The molecule has 6 heteroatoms. The highest BCUT2D eigenvalue weighted by Gasteiger charge is 2.21. The summed E-state index contributed by atoms with van der Waals surface area (Å²) in [6, 6.07) is 1.73. The normalized spacial score (nSPS) is 10.6. The first-order chi connectivity index (χ1) is 11.0. The van der Waals surface area contributed by atoms with Crippen LogP contribution in [0.2, 0.25) is 0 Å². The molecule has 0 aliphatic heterocycles. The summed E-state index contributed by atoms with van der Waals surface area (Å²) >= 11 is 0. The van der Waals surface area contributed by atoms with Crippen LogP contribution in [0.25, 0.3) is 0 Å². The van der Waals surface area contributed by atoms with Crippen LogP contribution in [0.3, 0.4) is 0 Å². The topological polar surface area (TPSA) is 71.8 Å². The first kappa shape index (κ1) is 19.2. The number of unbranched alkanes of at least 4 members (excludes halogenated alkanes) is 1. The molecule has 0 aromatic carbocycles. The van der Waals surface area contributed by atoms with Gasteiger partial charge in [-0.2, -0.15) is 0 Å². The van der Waals surface area contributed by atoms with Crippen LogP contribution in [0.5, 0.6) is 0 Å². The molecule has 0 atom stereocenters. The monoisotopic (exact) mass is 324 g/mol. The minimum absolute atomic E-state index is 0.0336. The SMILES string of the molecule is CCCCNC(=O)CCN(CCOC)C(=O)c1cc(C)oc1C. The molecule has 0 spiro atoms. The highest BCUT2D eigenvalue weighted by atomic mass is 16.5. The van der Waals surface area contributed by atoms with Crippen molar-refractivity contribution in [1.29, 1.82) is 0 Å². The number of furan rings is 1. The maximum Gasteiger partial charge on any atom is 0.257 e. The Balaban J connectivity index is 2.63. The van der Waals surface area contributed by atoms with Gasteiger partial charge in [0.05, 0.1) is 12.2 Å². The van der Waals surface area contributed by atoms with E-state index < -0.39 is 0 Å². The van der Waals surface area contributed by atoms with E-state index in [9.17, 15) is 9.59 Å². The molecule has 6 nitrogen and oxygen atoms in total. The molecule has 1 aromatic rings. The lowest BCUT2D eigenvalue weighted by molar-refractivity contribution is -0.121. The predicted octanol–water partition coefficient (Wildman–Crippen LogP) is 2.29. The fourth-order valence-electron chi connectivity index (χ4n) is 2.26. The molecule has 1 N–H and O–H groups in total. The van der Waals surface area contributed by atoms with Crippen LogP contribution in [-0.2, 0) is 9.53 Å². The summed E-state index contributed by atoms with van der Waals surface area (Å²) in [5, 5.41) is 2.86. The standard InChI is InChI=1S/C17H28N2O4/c1-5-6-8-18-16(20)7-9-19(10-11-22-4)17(21)15-12-13(2)23-14(15)3/h12H,5-11H2,1-4H3,(H,18,20). The van der Waals surface area contributed by atoms with Crippen LogP contribution < -0.4 is 5.32 Å². The van der Waals surface area contributed by atoms with Gasteiger partial charge in [0, 0.05) is 33.2 Å². The van der Waals surface area contributed by atoms with Crippen LogP contribution in [-0.4, -0.2) is 50.1 Å². The van der Waals surface area contributed by atoms with Crippen molar-refractivity contribution in [2.45, 2.75) is 40.0 Å². The molecule has 0 unspecified atom stereocenters. The van der Waals surface area contributed by atoms with E-state index in [0.717, 1.165) is 12.8 Å². The van der Waals surface area contributed by atoms with Gasteiger partial charge in [-0.3, -0.25) is 9.59 Å². The van der Waals surface area contributed by atoms with Crippen molar-refractivity contribution in [1.82, 2.24) is 10.2 Å². The van der Waals surface area contributed by atoms with E-state index in [2.05, 4.69) is 12.2 Å². The molecule has 0 radical (unpaired) electrons. The van der Waals surface area contributed by atoms with E-state index in [1.807, 2.05) is 6.92 Å². The Bertz CT molecular complexity index is 511. The van der Waals surface area contributed by atoms with Crippen molar-refractivity contribution in [3.05, 3.63) is 23.2 Å². The second-order valence-corrected chi connectivity index (χ2v) is 5.57. The number of carbonyl (C=O) groups is 2. The molecule has 0 saturated heterocycles. The number of nitrogens with zero attached hydrogens (tertiary/aromatic N) is 1. The minimum Gasteiger partial charge on any atom is -0.466 e. The zero-order valence-corrected chi connectivity index (χ0v) is 14.6. The number of aryl methyl sites for hydroxylation is 2. The molecule has 0 saturated carbocycles. The molecule has 130 valence electrons. The number of rotatable bonds is 10. The van der Waals surface area contributed by atoms with Crippen LogP contribution in [0, 0.1) is 13.8 Å². The molecule has 0 fully saturated rings. The van der Waals surface area contributed by atoms with Crippen LogP contribution >= 0.6 is 0 Å². The van der Waals surface area contributed by atoms with Gasteiger partial charge in [0.2, 0.25) is 5.91 Å². The average Bonchev–Trinajstić information content (AvgIpc) is 2.85. The third-order valence-electron chi connectivity index (χ3n) is 3.59. The maximum absolute atomic E-state index is 12.6. The highest BCUT2D eigenvalue weighted by molar-refractivity contribution is 5.95. The van der Waals surface area contributed by atoms with Crippen molar-refractivity contribution in [2.24, 2.45) is 0 Å². The number of nitrogens with one attached hydrogen (secondary N) is 1. The summed E-state index contributed by atoms with van der Waals surface area (Å²) in [5.41, 5.74) is 0.546. The van der Waals surface area contributed by atoms with Crippen molar-refractivity contribution < 1.29 is 18.7 Å². The van der Waals surface area contributed by atoms with Gasteiger partial charge in [0.25, 0.3) is 5.91 Å². The molecule has 0 aliphatic carbocycles. The zero-order chi connectivity index (χ0) is 17.2. The molecule has 1 heterocycles. The Kier molecular flexibility index (Phi) is 8.40. The van der Waals surface area contributed by atoms with E-state index in [4.69, 9.17) is 9.15 Å². The summed E-state index contributed by atoms with van der Waals surface area (Å²) in [5.74, 6) is 1.14. The minimum atomic E-state index is -0.127. The van der Waals surface area contributed by atoms with Gasteiger partial charge in [-0.25, -0.2) is 0 Å². The Morgan fingerprint density at radius 1 is 1.30 bits per heavy atom. The lowest BCUT2D eigenvalue weighted by Crippen LogP contribution is -2.37. The van der Waals surface area contributed by atoms with Gasteiger partial charge in [0.1, 0.15) is 11.5 Å². The average molecular weight is 324 g/mol. The van der Waals surface area contributed by atoms with Crippen molar-refractivity contribution in [2.75, 3.05) is 33.4 Å². The van der Waals surface area contributed by atoms with Crippen LogP contribution in [0.4, 0.5) is 0 Å². The fraction of sp³-hybridized carbons (Fsp3) is 0.647. The molecule has 0 bridgehead atoms. The third kappa shape index (κ3) is 6.44. The van der Waals surface area contributed by atoms with E-state index >= 15 is 0 Å². The number of ether oxygens (including phenoxy) is 1. The number of hydrogen-bond donors (Lipinski definition) is 1. The number of hydrogen-bond acceptors (Lipinski definition) is 4. The molecular weight excluding hydrogens is 296 g/mol. The van der Waals surface area contributed by atoms with Gasteiger partial charge in [-0.05, 0) is 26.3 Å². The molecule has 0 aliphatic rings. The van der Waals surface area contributed by atoms with Crippen molar-refractivity contribution >= 4 is 11.8 Å².